The molecule has 0 aromatic heterocycles. The number of para-hydroxylation sites is 1. The molecule has 12 nitrogen and oxygen atoms in total. The molecule has 0 saturated carbocycles. The maximum atomic E-state index is 12.7. The van der Waals surface area contributed by atoms with Gasteiger partial charge in [-0.1, -0.05) is 23.2 Å². The molecule has 0 spiro atoms. The highest BCUT2D eigenvalue weighted by molar-refractivity contribution is 7.94. The van der Waals surface area contributed by atoms with Gasteiger partial charge in [0.2, 0.25) is 0 Å². The van der Waals surface area contributed by atoms with Gasteiger partial charge in [-0.25, -0.2) is 5.26 Å². The summed E-state index contributed by atoms with van der Waals surface area (Å²) in [6, 6.07) is 23.7. The Hall–Kier alpha value is -4.34. The predicted molar refractivity (Wildman–Crippen MR) is 143 cm³/mol. The summed E-state index contributed by atoms with van der Waals surface area (Å²) in [6.45, 7) is 1.64. The topological polar surface area (TPSA) is 162 Å². The normalized spacial score (nSPS) is 11.4. The minimum absolute atomic E-state index is 0.0282. The molecule has 0 amide bonds. The SMILES string of the molecule is Cc1cc(N=Nc2ccc(Nc3ccc([N+](=O)[O-])cc3SOOO)cc2)ccc1S(=O)(=O)Oc1ccccc1. The van der Waals surface area contributed by atoms with Crippen LogP contribution in [0, 0.1) is 17.0 Å². The molecule has 0 aliphatic heterocycles. The third kappa shape index (κ3) is 7.37. The Bertz CT molecular complexity index is 1600. The Balaban J connectivity index is 1.45. The fraction of sp³-hybridized carbons (Fsp3) is 0.0400. The summed E-state index contributed by atoms with van der Waals surface area (Å²) in [5.41, 5.74) is 2.38. The Morgan fingerprint density at radius 2 is 1.62 bits per heavy atom. The van der Waals surface area contributed by atoms with Gasteiger partial charge in [-0.15, -0.1) is 4.33 Å². The lowest BCUT2D eigenvalue weighted by Gasteiger charge is -2.10. The second kappa shape index (κ2) is 12.5. The molecule has 0 aliphatic carbocycles. The van der Waals surface area contributed by atoms with Gasteiger partial charge >= 0.3 is 10.1 Å². The lowest BCUT2D eigenvalue weighted by atomic mass is 10.2. The lowest BCUT2D eigenvalue weighted by molar-refractivity contribution is -0.432. The minimum atomic E-state index is -4.01. The van der Waals surface area contributed by atoms with Crippen LogP contribution in [0.4, 0.5) is 28.4 Å². The average molecular weight is 569 g/mol. The van der Waals surface area contributed by atoms with Gasteiger partial charge in [0, 0.05) is 17.8 Å². The maximum Gasteiger partial charge on any atom is 0.339 e. The molecule has 4 rings (SSSR count). The Kier molecular flexibility index (Phi) is 8.85. The molecule has 4 aromatic rings. The number of benzene rings is 4. The van der Waals surface area contributed by atoms with E-state index in [2.05, 4.69) is 24.9 Å². The highest BCUT2D eigenvalue weighted by Gasteiger charge is 2.19. The van der Waals surface area contributed by atoms with Crippen molar-refractivity contribution in [3.63, 3.8) is 0 Å². The fourth-order valence-corrected chi connectivity index (χ4v) is 4.98. The number of nitrogens with zero attached hydrogens (tertiary/aromatic N) is 3. The number of rotatable bonds is 11. The molecule has 14 heteroatoms. The standard InChI is InChI=1S/C25H20N4O8S2/c1-17-15-20(11-14-25(17)39(33,34)35-22-5-3-2-4-6-22)28-27-19-9-7-18(8-10-19)26-23-13-12-21(29(30)31)16-24(23)38-37-36-32/h2-16,26,32H,1H3. The Morgan fingerprint density at radius 1 is 0.923 bits per heavy atom. The summed E-state index contributed by atoms with van der Waals surface area (Å²) in [4.78, 5) is 10.8. The molecule has 0 bridgehead atoms. The first-order valence-corrected chi connectivity index (χ1v) is 13.2. The van der Waals surface area contributed by atoms with Gasteiger partial charge in [0.1, 0.15) is 10.6 Å². The van der Waals surface area contributed by atoms with E-state index < -0.39 is 15.0 Å². The van der Waals surface area contributed by atoms with Gasteiger partial charge in [0.25, 0.3) is 5.69 Å². The Morgan fingerprint density at radius 3 is 2.28 bits per heavy atom. The smallest absolute Gasteiger partial charge is 0.339 e. The number of nitro groups is 1. The van der Waals surface area contributed by atoms with E-state index in [1.54, 1.807) is 67.6 Å². The van der Waals surface area contributed by atoms with Crippen LogP contribution in [0.3, 0.4) is 0 Å². The van der Waals surface area contributed by atoms with Gasteiger partial charge < -0.3 is 9.50 Å². The number of nitro benzene ring substituents is 1. The minimum Gasteiger partial charge on any atom is -0.379 e. The zero-order valence-electron chi connectivity index (χ0n) is 20.1. The van der Waals surface area contributed by atoms with E-state index in [0.717, 1.165) is 0 Å². The van der Waals surface area contributed by atoms with Crippen LogP contribution in [-0.4, -0.2) is 18.6 Å². The molecule has 2 N–H and O–H groups in total. The van der Waals surface area contributed by atoms with E-state index in [1.807, 2.05) is 0 Å². The lowest BCUT2D eigenvalue weighted by Crippen LogP contribution is -2.11. The summed E-state index contributed by atoms with van der Waals surface area (Å²) >= 11 is 0.592. The van der Waals surface area contributed by atoms with E-state index in [-0.39, 0.29) is 16.3 Å². The molecule has 4 aromatic carbocycles. The van der Waals surface area contributed by atoms with Crippen molar-refractivity contribution in [3.8, 4) is 5.75 Å². The summed E-state index contributed by atoms with van der Waals surface area (Å²) < 4.78 is 34.9. The van der Waals surface area contributed by atoms with Crippen molar-refractivity contribution >= 4 is 50.6 Å². The molecular weight excluding hydrogens is 548 g/mol. The summed E-state index contributed by atoms with van der Waals surface area (Å²) in [5.74, 6) is 0.217. The van der Waals surface area contributed by atoms with Gasteiger partial charge in [0.15, 0.2) is 0 Å². The van der Waals surface area contributed by atoms with E-state index in [1.165, 1.54) is 30.3 Å². The van der Waals surface area contributed by atoms with Crippen LogP contribution in [0.25, 0.3) is 0 Å². The second-order valence-electron chi connectivity index (χ2n) is 7.84. The third-order valence-electron chi connectivity index (χ3n) is 5.13. The van der Waals surface area contributed by atoms with Crippen LogP contribution in [0.15, 0.2) is 111 Å². The van der Waals surface area contributed by atoms with E-state index in [4.69, 9.17) is 9.44 Å². The number of aryl methyl sites for hydroxylation is 1. The number of non-ortho nitro benzene ring substituents is 1. The van der Waals surface area contributed by atoms with Crippen molar-refractivity contribution in [2.75, 3.05) is 5.32 Å². The van der Waals surface area contributed by atoms with Crippen LogP contribution < -0.4 is 9.50 Å². The quantitative estimate of drug-likeness (QED) is 0.0470. The Labute approximate surface area is 227 Å². The van der Waals surface area contributed by atoms with E-state index in [9.17, 15) is 18.5 Å². The van der Waals surface area contributed by atoms with Crippen LogP contribution >= 0.6 is 12.0 Å². The molecule has 39 heavy (non-hydrogen) atoms. The van der Waals surface area contributed by atoms with Gasteiger partial charge in [-0.3, -0.25) is 10.1 Å². The summed E-state index contributed by atoms with van der Waals surface area (Å²) in [6.07, 6.45) is 0. The number of hydrogen-bond acceptors (Lipinski definition) is 12. The van der Waals surface area contributed by atoms with Crippen LogP contribution in [0.5, 0.6) is 5.75 Å². The molecule has 0 saturated heterocycles. The average Bonchev–Trinajstić information content (AvgIpc) is 2.92. The molecule has 0 aliphatic rings. The van der Waals surface area contributed by atoms with Crippen LogP contribution in [0.1, 0.15) is 5.56 Å². The van der Waals surface area contributed by atoms with Crippen LogP contribution in [-0.2, 0) is 19.5 Å². The summed E-state index contributed by atoms with van der Waals surface area (Å²) in [7, 11) is -4.01. The largest absolute Gasteiger partial charge is 0.379 e. The third-order valence-corrected chi connectivity index (χ3v) is 7.19. The first-order chi connectivity index (χ1) is 18.7. The fourth-order valence-electron chi connectivity index (χ4n) is 3.35. The van der Waals surface area contributed by atoms with Crippen molar-refractivity contribution < 1.29 is 32.2 Å². The molecule has 0 radical (unpaired) electrons. The monoisotopic (exact) mass is 568 g/mol. The molecule has 0 heterocycles. The number of hydrogen-bond donors (Lipinski definition) is 2. The number of anilines is 2. The van der Waals surface area contributed by atoms with Gasteiger partial charge in [0.05, 0.1) is 38.9 Å². The highest BCUT2D eigenvalue weighted by atomic mass is 32.2. The van der Waals surface area contributed by atoms with Gasteiger partial charge in [-0.2, -0.15) is 18.6 Å². The van der Waals surface area contributed by atoms with E-state index >= 15 is 0 Å². The van der Waals surface area contributed by atoms with Crippen molar-refractivity contribution in [2.45, 2.75) is 16.7 Å². The van der Waals surface area contributed by atoms with Gasteiger partial charge in [-0.05, 0) is 73.2 Å². The first-order valence-electron chi connectivity index (χ1n) is 11.1. The first kappa shape index (κ1) is 27.7. The van der Waals surface area contributed by atoms with E-state index in [0.29, 0.717) is 45.3 Å². The predicted octanol–water partition coefficient (Wildman–Crippen LogP) is 7.26. The highest BCUT2D eigenvalue weighted by Crippen LogP contribution is 2.34. The van der Waals surface area contributed by atoms with Crippen molar-refractivity contribution in [1.29, 1.82) is 0 Å². The van der Waals surface area contributed by atoms with Crippen molar-refractivity contribution in [1.82, 2.24) is 0 Å². The van der Waals surface area contributed by atoms with Crippen molar-refractivity contribution in [2.24, 2.45) is 10.2 Å². The molecule has 0 unspecified atom stereocenters. The molecular formula is C25H20N4O8S2. The zero-order chi connectivity index (χ0) is 27.8. The number of nitrogens with one attached hydrogen (secondary N) is 1. The molecule has 0 atom stereocenters. The zero-order valence-corrected chi connectivity index (χ0v) is 21.8. The van der Waals surface area contributed by atoms with Crippen molar-refractivity contribution in [3.05, 3.63) is 107 Å². The molecule has 0 fully saturated rings. The molecule has 200 valence electrons. The van der Waals surface area contributed by atoms with Crippen LogP contribution in [0.2, 0.25) is 0 Å². The number of azo groups is 1. The second-order valence-corrected chi connectivity index (χ2v) is 10.1. The summed E-state index contributed by atoms with van der Waals surface area (Å²) in [5, 5.41) is 34.5. The maximum absolute atomic E-state index is 12.7.